The Morgan fingerprint density at radius 3 is 2.03 bits per heavy atom. The number of aromatic nitrogens is 2. The molecule has 0 unspecified atom stereocenters. The number of fused-ring (bicyclic) bond motifs is 2. The molecular weight excluding hydrogens is 370 g/mol. The van der Waals surface area contributed by atoms with Crippen molar-refractivity contribution in [3.05, 3.63) is 41.7 Å². The molecule has 1 aromatic heterocycles. The second-order valence-electron chi connectivity index (χ2n) is 7.08. The molecule has 0 saturated carbocycles. The molecule has 1 aliphatic heterocycles. The molecule has 7 heteroatoms. The van der Waals surface area contributed by atoms with Crippen molar-refractivity contribution in [3.63, 3.8) is 0 Å². The maximum absolute atomic E-state index is 5.50. The molecule has 0 fully saturated rings. The van der Waals surface area contributed by atoms with Crippen molar-refractivity contribution in [2.24, 2.45) is 0 Å². The Morgan fingerprint density at radius 1 is 0.793 bits per heavy atom. The van der Waals surface area contributed by atoms with Crippen LogP contribution in [0, 0.1) is 0 Å². The summed E-state index contributed by atoms with van der Waals surface area (Å²) in [4.78, 5) is 11.3. The van der Waals surface area contributed by atoms with Gasteiger partial charge in [-0.05, 0) is 42.7 Å². The molecule has 2 heterocycles. The van der Waals surface area contributed by atoms with Gasteiger partial charge in [-0.1, -0.05) is 0 Å². The Bertz CT molecular complexity index is 1050. The molecule has 2 aromatic carbocycles. The topological polar surface area (TPSA) is 65.9 Å². The molecule has 0 aliphatic carbocycles. The molecule has 0 bridgehead atoms. The SMILES string of the molecule is COc1cc2c(cc1OC)CN(c1ncnc3cc(OC)c(OC)cc13)[C@@H](C)C2. The van der Waals surface area contributed by atoms with E-state index in [0.29, 0.717) is 11.5 Å². The second kappa shape index (κ2) is 7.66. The highest BCUT2D eigenvalue weighted by Gasteiger charge is 2.27. The highest BCUT2D eigenvalue weighted by Crippen LogP contribution is 2.39. The van der Waals surface area contributed by atoms with Crippen LogP contribution in [-0.4, -0.2) is 44.4 Å². The van der Waals surface area contributed by atoms with Crippen molar-refractivity contribution < 1.29 is 18.9 Å². The molecule has 1 aliphatic rings. The lowest BCUT2D eigenvalue weighted by Gasteiger charge is -2.36. The number of benzene rings is 2. The number of hydrogen-bond donors (Lipinski definition) is 0. The number of methoxy groups -OCH3 is 4. The van der Waals surface area contributed by atoms with Gasteiger partial charge in [0.15, 0.2) is 23.0 Å². The molecular formula is C22H25N3O4. The first-order valence-electron chi connectivity index (χ1n) is 9.46. The van der Waals surface area contributed by atoms with Crippen LogP contribution in [0.15, 0.2) is 30.6 Å². The summed E-state index contributed by atoms with van der Waals surface area (Å²) in [5.74, 6) is 3.69. The van der Waals surface area contributed by atoms with E-state index in [9.17, 15) is 0 Å². The first-order chi connectivity index (χ1) is 14.1. The van der Waals surface area contributed by atoms with E-state index in [4.69, 9.17) is 18.9 Å². The van der Waals surface area contributed by atoms with Crippen LogP contribution in [-0.2, 0) is 13.0 Å². The van der Waals surface area contributed by atoms with Crippen molar-refractivity contribution >= 4 is 16.7 Å². The van der Waals surface area contributed by atoms with E-state index in [-0.39, 0.29) is 6.04 Å². The summed E-state index contributed by atoms with van der Waals surface area (Å²) in [6, 6.07) is 8.22. The summed E-state index contributed by atoms with van der Waals surface area (Å²) in [7, 11) is 6.58. The zero-order valence-corrected chi connectivity index (χ0v) is 17.4. The largest absolute Gasteiger partial charge is 0.493 e. The maximum atomic E-state index is 5.50. The lowest BCUT2D eigenvalue weighted by Crippen LogP contribution is -2.39. The minimum absolute atomic E-state index is 0.256. The number of ether oxygens (including phenoxy) is 4. The predicted octanol–water partition coefficient (Wildman–Crippen LogP) is 3.62. The van der Waals surface area contributed by atoms with Crippen molar-refractivity contribution in [1.29, 1.82) is 0 Å². The van der Waals surface area contributed by atoms with E-state index >= 15 is 0 Å². The molecule has 29 heavy (non-hydrogen) atoms. The fourth-order valence-electron chi connectivity index (χ4n) is 3.95. The Hall–Kier alpha value is -3.22. The molecule has 0 spiro atoms. The Balaban J connectivity index is 1.80. The number of hydrogen-bond acceptors (Lipinski definition) is 7. The van der Waals surface area contributed by atoms with Gasteiger partial charge in [0, 0.05) is 24.0 Å². The molecule has 0 amide bonds. The van der Waals surface area contributed by atoms with Crippen LogP contribution < -0.4 is 23.8 Å². The Labute approximate surface area is 170 Å². The quantitative estimate of drug-likeness (QED) is 0.654. The van der Waals surface area contributed by atoms with E-state index < -0.39 is 0 Å². The monoisotopic (exact) mass is 395 g/mol. The van der Waals surface area contributed by atoms with Crippen LogP contribution in [0.1, 0.15) is 18.1 Å². The zero-order valence-electron chi connectivity index (χ0n) is 17.4. The third-order valence-electron chi connectivity index (χ3n) is 5.49. The molecule has 0 N–H and O–H groups in total. The van der Waals surface area contributed by atoms with Gasteiger partial charge in [-0.15, -0.1) is 0 Å². The number of rotatable bonds is 5. The summed E-state index contributed by atoms with van der Waals surface area (Å²) in [6.45, 7) is 2.92. The zero-order chi connectivity index (χ0) is 20.5. The summed E-state index contributed by atoms with van der Waals surface area (Å²) in [5.41, 5.74) is 3.29. The standard InChI is InChI=1S/C22H25N3O4/c1-13-6-14-7-18(26-2)19(27-3)8-15(14)11-25(13)22-16-9-20(28-4)21(29-5)10-17(16)23-12-24-22/h7-10,12-13H,6,11H2,1-5H3/t13-/m0/s1. The smallest absolute Gasteiger partial charge is 0.162 e. The number of anilines is 1. The van der Waals surface area contributed by atoms with Crippen molar-refractivity contribution in [2.45, 2.75) is 25.9 Å². The third kappa shape index (κ3) is 3.26. The highest BCUT2D eigenvalue weighted by atomic mass is 16.5. The molecule has 0 radical (unpaired) electrons. The Morgan fingerprint density at radius 2 is 1.38 bits per heavy atom. The lowest BCUT2D eigenvalue weighted by molar-refractivity contribution is 0.353. The Kier molecular flexibility index (Phi) is 5.05. The third-order valence-corrected chi connectivity index (χ3v) is 5.49. The minimum Gasteiger partial charge on any atom is -0.493 e. The van der Waals surface area contributed by atoms with Gasteiger partial charge in [-0.3, -0.25) is 0 Å². The van der Waals surface area contributed by atoms with Crippen molar-refractivity contribution in [1.82, 2.24) is 9.97 Å². The van der Waals surface area contributed by atoms with E-state index in [1.165, 1.54) is 11.1 Å². The summed E-state index contributed by atoms with van der Waals surface area (Å²) in [5, 5.41) is 0.931. The fourth-order valence-corrected chi connectivity index (χ4v) is 3.95. The molecule has 3 aromatic rings. The predicted molar refractivity (Wildman–Crippen MR) is 112 cm³/mol. The van der Waals surface area contributed by atoms with Crippen molar-refractivity contribution in [2.75, 3.05) is 33.3 Å². The summed E-state index contributed by atoms with van der Waals surface area (Å²) in [6.07, 6.45) is 2.48. The normalized spacial score (nSPS) is 15.8. The van der Waals surface area contributed by atoms with Gasteiger partial charge in [0.05, 0.1) is 34.0 Å². The number of nitrogens with zero attached hydrogens (tertiary/aromatic N) is 3. The first kappa shape index (κ1) is 19.1. The lowest BCUT2D eigenvalue weighted by atomic mass is 9.93. The van der Waals surface area contributed by atoms with Crippen LogP contribution in [0.5, 0.6) is 23.0 Å². The van der Waals surface area contributed by atoms with E-state index in [1.807, 2.05) is 12.1 Å². The molecule has 152 valence electrons. The maximum Gasteiger partial charge on any atom is 0.162 e. The van der Waals surface area contributed by atoms with Gasteiger partial charge >= 0.3 is 0 Å². The van der Waals surface area contributed by atoms with Gasteiger partial charge in [-0.2, -0.15) is 0 Å². The van der Waals surface area contributed by atoms with E-state index in [0.717, 1.165) is 41.2 Å². The second-order valence-corrected chi connectivity index (χ2v) is 7.08. The van der Waals surface area contributed by atoms with Gasteiger partial charge in [0.2, 0.25) is 0 Å². The summed E-state index contributed by atoms with van der Waals surface area (Å²) < 4.78 is 21.9. The van der Waals surface area contributed by atoms with Crippen molar-refractivity contribution in [3.8, 4) is 23.0 Å². The first-order valence-corrected chi connectivity index (χ1v) is 9.46. The highest BCUT2D eigenvalue weighted by molar-refractivity contribution is 5.92. The molecule has 7 nitrogen and oxygen atoms in total. The molecule has 4 rings (SSSR count). The van der Waals surface area contributed by atoms with Gasteiger partial charge in [0.25, 0.3) is 0 Å². The van der Waals surface area contributed by atoms with Crippen LogP contribution >= 0.6 is 0 Å². The molecule has 1 atom stereocenters. The average Bonchev–Trinajstić information content (AvgIpc) is 2.76. The van der Waals surface area contributed by atoms with Crippen LogP contribution in [0.2, 0.25) is 0 Å². The van der Waals surface area contributed by atoms with Crippen LogP contribution in [0.4, 0.5) is 5.82 Å². The van der Waals surface area contributed by atoms with Gasteiger partial charge in [-0.25, -0.2) is 9.97 Å². The fraction of sp³-hybridized carbons (Fsp3) is 0.364. The van der Waals surface area contributed by atoms with Gasteiger partial charge in [0.1, 0.15) is 12.1 Å². The summed E-state index contributed by atoms with van der Waals surface area (Å²) >= 11 is 0. The minimum atomic E-state index is 0.256. The van der Waals surface area contributed by atoms with Crippen LogP contribution in [0.25, 0.3) is 10.9 Å². The van der Waals surface area contributed by atoms with Crippen LogP contribution in [0.3, 0.4) is 0 Å². The molecule has 0 saturated heterocycles. The van der Waals surface area contributed by atoms with E-state index in [2.05, 4.69) is 33.9 Å². The average molecular weight is 395 g/mol. The van der Waals surface area contributed by atoms with E-state index in [1.54, 1.807) is 34.8 Å². The van der Waals surface area contributed by atoms with Gasteiger partial charge < -0.3 is 23.8 Å².